The second-order valence-electron chi connectivity index (χ2n) is 9.79. The second-order valence-corrected chi connectivity index (χ2v) is 15.4. The number of nitrogens with zero attached hydrogens (tertiary/aromatic N) is 4. The van der Waals surface area contributed by atoms with Crippen LogP contribution in [0.5, 0.6) is 5.75 Å². The number of rotatable bonds is 8. The molecule has 0 atom stereocenters. The lowest BCUT2D eigenvalue weighted by Crippen LogP contribution is -2.02. The Bertz CT molecular complexity index is 2700. The maximum Gasteiger partial charge on any atom is 0.296 e. The van der Waals surface area contributed by atoms with Crippen LogP contribution in [0.1, 0.15) is 0 Å². The summed E-state index contributed by atoms with van der Waals surface area (Å²) in [5.74, 6) is -0.730. The predicted octanol–water partition coefficient (Wildman–Crippen LogP) is 5.10. The molecule has 5 aromatic rings. The normalized spacial score (nSPS) is 13.2. The summed E-state index contributed by atoms with van der Waals surface area (Å²) in [4.78, 5) is -3.14. The molecule has 0 aliphatic rings. The molecule has 5 rings (SSSR count). The molecular weight excluding hydrogens is 719 g/mol. The molecular formula is C26H19N5O13S4. The highest BCUT2D eigenvalue weighted by Gasteiger charge is 2.23. The van der Waals surface area contributed by atoms with Gasteiger partial charge in [-0.3, -0.25) is 18.2 Å². The Morgan fingerprint density at radius 3 is 1.62 bits per heavy atom. The molecule has 18 nitrogen and oxygen atoms in total. The summed E-state index contributed by atoms with van der Waals surface area (Å²) in [5, 5.41) is 26.3. The number of phenolic OH excluding ortho intramolecular Hbond substituents is 1. The van der Waals surface area contributed by atoms with E-state index in [-0.39, 0.29) is 38.6 Å². The number of hydrogen-bond donors (Lipinski definition) is 6. The van der Waals surface area contributed by atoms with E-state index in [4.69, 9.17) is 5.73 Å². The number of benzene rings is 5. The molecule has 0 saturated carbocycles. The van der Waals surface area contributed by atoms with Crippen LogP contribution in [-0.4, -0.2) is 57.0 Å². The molecule has 0 fully saturated rings. The van der Waals surface area contributed by atoms with Gasteiger partial charge in [0.1, 0.15) is 21.2 Å². The monoisotopic (exact) mass is 737 g/mol. The van der Waals surface area contributed by atoms with Crippen molar-refractivity contribution in [2.75, 3.05) is 5.73 Å². The molecule has 0 saturated heterocycles. The zero-order valence-corrected chi connectivity index (χ0v) is 26.7. The number of azo groups is 2. The molecule has 0 unspecified atom stereocenters. The highest BCUT2D eigenvalue weighted by atomic mass is 32.2. The third-order valence-electron chi connectivity index (χ3n) is 6.62. The number of nitrogens with two attached hydrogens (primary N) is 1. The number of nitrogen functional groups attached to an aromatic ring is 1. The van der Waals surface area contributed by atoms with Gasteiger partial charge in [-0.2, -0.15) is 33.7 Å². The van der Waals surface area contributed by atoms with Gasteiger partial charge in [-0.1, -0.05) is 12.1 Å². The number of anilines is 1. The summed E-state index contributed by atoms with van der Waals surface area (Å²) >= 11 is 0. The van der Waals surface area contributed by atoms with Crippen molar-refractivity contribution < 1.29 is 57.0 Å². The Morgan fingerprint density at radius 1 is 0.479 bits per heavy atom. The van der Waals surface area contributed by atoms with Crippen LogP contribution in [0.4, 0.5) is 28.4 Å². The van der Waals surface area contributed by atoms with Gasteiger partial charge in [0.05, 0.1) is 21.2 Å². The van der Waals surface area contributed by atoms with Crippen molar-refractivity contribution in [2.45, 2.75) is 19.6 Å². The van der Waals surface area contributed by atoms with Crippen molar-refractivity contribution in [2.24, 2.45) is 20.5 Å². The van der Waals surface area contributed by atoms with Crippen molar-refractivity contribution >= 4 is 90.5 Å². The van der Waals surface area contributed by atoms with Crippen LogP contribution < -0.4 is 5.73 Å². The molecule has 0 spiro atoms. The molecule has 250 valence electrons. The molecule has 0 aliphatic heterocycles. The molecule has 0 bridgehead atoms. The van der Waals surface area contributed by atoms with E-state index >= 15 is 0 Å². The fourth-order valence-corrected chi connectivity index (χ4v) is 6.72. The van der Waals surface area contributed by atoms with Crippen molar-refractivity contribution in [1.82, 2.24) is 0 Å². The van der Waals surface area contributed by atoms with Gasteiger partial charge in [0.25, 0.3) is 40.5 Å². The summed E-state index contributed by atoms with van der Waals surface area (Å²) in [6, 6.07) is 12.4. The number of phenols is 1. The Hall–Kier alpha value is -4.94. The van der Waals surface area contributed by atoms with Crippen LogP contribution in [0.2, 0.25) is 0 Å². The number of aromatic hydroxyl groups is 1. The Balaban J connectivity index is 1.73. The first-order chi connectivity index (χ1) is 22.1. The summed E-state index contributed by atoms with van der Waals surface area (Å²) < 4.78 is 134. The third kappa shape index (κ3) is 6.99. The van der Waals surface area contributed by atoms with Gasteiger partial charge in [0.15, 0.2) is 5.75 Å². The smallest absolute Gasteiger partial charge is 0.296 e. The van der Waals surface area contributed by atoms with Crippen LogP contribution in [0, 0.1) is 0 Å². The van der Waals surface area contributed by atoms with Crippen LogP contribution >= 0.6 is 0 Å². The van der Waals surface area contributed by atoms with E-state index in [1.807, 2.05) is 0 Å². The lowest BCUT2D eigenvalue weighted by atomic mass is 10.1. The predicted molar refractivity (Wildman–Crippen MR) is 168 cm³/mol. The van der Waals surface area contributed by atoms with Crippen LogP contribution in [-0.2, 0) is 40.5 Å². The first-order valence-corrected chi connectivity index (χ1v) is 18.4. The average Bonchev–Trinajstić information content (AvgIpc) is 2.97. The van der Waals surface area contributed by atoms with Gasteiger partial charge < -0.3 is 10.8 Å². The van der Waals surface area contributed by atoms with Crippen LogP contribution in [0.15, 0.2) is 113 Å². The molecule has 22 heteroatoms. The van der Waals surface area contributed by atoms with E-state index in [0.29, 0.717) is 18.2 Å². The fourth-order valence-electron chi connectivity index (χ4n) is 4.45. The van der Waals surface area contributed by atoms with Crippen molar-refractivity contribution in [3.8, 4) is 5.75 Å². The summed E-state index contributed by atoms with van der Waals surface area (Å²) in [6.07, 6.45) is 0. The van der Waals surface area contributed by atoms with Gasteiger partial charge in [0.2, 0.25) is 0 Å². The van der Waals surface area contributed by atoms with Crippen LogP contribution in [0.25, 0.3) is 21.5 Å². The second kappa shape index (κ2) is 11.9. The molecule has 7 N–H and O–H groups in total. The van der Waals surface area contributed by atoms with E-state index in [2.05, 4.69) is 20.5 Å². The highest BCUT2D eigenvalue weighted by Crippen LogP contribution is 2.43. The van der Waals surface area contributed by atoms with E-state index in [1.54, 1.807) is 0 Å². The van der Waals surface area contributed by atoms with Gasteiger partial charge in [-0.25, -0.2) is 0 Å². The SMILES string of the molecule is Nc1ccc2cc(S(=O)(=O)O)c(/N=N/c3ccc(/N=N/c4cc(S(=O)(=O)O)ccc4S(=O)(=O)O)c4ccc(S(=O)(=O)O)cc34)c(O)c2c1. The van der Waals surface area contributed by atoms with Gasteiger partial charge in [-0.15, -0.1) is 20.5 Å². The van der Waals surface area contributed by atoms with Gasteiger partial charge >= 0.3 is 0 Å². The Morgan fingerprint density at radius 2 is 1.02 bits per heavy atom. The lowest BCUT2D eigenvalue weighted by Gasteiger charge is -2.10. The highest BCUT2D eigenvalue weighted by molar-refractivity contribution is 7.86. The average molecular weight is 738 g/mol. The topological polar surface area (TPSA) is 313 Å². The summed E-state index contributed by atoms with van der Waals surface area (Å²) in [5.41, 5.74) is 4.18. The van der Waals surface area contributed by atoms with Crippen LogP contribution in [0.3, 0.4) is 0 Å². The maximum atomic E-state index is 12.2. The minimum absolute atomic E-state index is 0.00690. The minimum Gasteiger partial charge on any atom is -0.505 e. The standard InChI is InChI=1S/C26H19N5O13S4/c27-14-2-1-13-9-24(48(42,43)44)25(26(32)18(13)10-14)31-29-21-7-6-20(17-5-3-15(11-19(17)21)45(33,34)35)28-30-22-12-16(46(36,37)38)4-8-23(22)47(39,40)41/h1-12,32H,27H2,(H,33,34,35)(H,36,37,38)(H,39,40,41)(H,42,43,44)/b30-28+,31-29+. The maximum absolute atomic E-state index is 12.2. The number of fused-ring (bicyclic) bond motifs is 2. The molecule has 0 aliphatic carbocycles. The minimum atomic E-state index is -5.00. The molecule has 48 heavy (non-hydrogen) atoms. The van der Waals surface area contributed by atoms with E-state index in [1.165, 1.54) is 24.3 Å². The largest absolute Gasteiger partial charge is 0.505 e. The zero-order valence-electron chi connectivity index (χ0n) is 23.4. The molecule has 5 aromatic carbocycles. The fraction of sp³-hybridized carbons (Fsp3) is 0. The van der Waals surface area contributed by atoms with Crippen molar-refractivity contribution in [1.29, 1.82) is 0 Å². The Labute approximate surface area is 270 Å². The molecule has 0 aromatic heterocycles. The van der Waals surface area contributed by atoms with E-state index in [9.17, 15) is 57.0 Å². The van der Waals surface area contributed by atoms with Crippen molar-refractivity contribution in [3.63, 3.8) is 0 Å². The van der Waals surface area contributed by atoms with E-state index < -0.39 is 77.2 Å². The summed E-state index contributed by atoms with van der Waals surface area (Å²) in [6.45, 7) is 0. The van der Waals surface area contributed by atoms with E-state index in [0.717, 1.165) is 30.3 Å². The Kier molecular flexibility index (Phi) is 8.56. The van der Waals surface area contributed by atoms with Gasteiger partial charge in [-0.05, 0) is 66.0 Å². The number of hydrogen-bond acceptors (Lipinski definition) is 14. The van der Waals surface area contributed by atoms with Crippen molar-refractivity contribution in [3.05, 3.63) is 72.8 Å². The quantitative estimate of drug-likeness (QED) is 0.0686. The first-order valence-electron chi connectivity index (χ1n) is 12.6. The lowest BCUT2D eigenvalue weighted by molar-refractivity contribution is 0.472. The first kappa shape index (κ1) is 34.4. The molecule has 0 radical (unpaired) electrons. The molecule has 0 amide bonds. The van der Waals surface area contributed by atoms with Gasteiger partial charge in [0, 0.05) is 21.8 Å². The third-order valence-corrected chi connectivity index (χ3v) is 10.1. The molecule has 0 heterocycles. The summed E-state index contributed by atoms with van der Waals surface area (Å²) in [7, 11) is -19.6. The zero-order chi connectivity index (χ0) is 35.4.